The van der Waals surface area contributed by atoms with Gasteiger partial charge in [-0.2, -0.15) is 0 Å². The Labute approximate surface area is 270 Å². The van der Waals surface area contributed by atoms with Gasteiger partial charge in [-0.1, -0.05) is 53.9 Å². The summed E-state index contributed by atoms with van der Waals surface area (Å²) in [7, 11) is -5.29. The predicted octanol–water partition coefficient (Wildman–Crippen LogP) is -5.54. The molecule has 2 aromatic carbocycles. The average Bonchev–Trinajstić information content (AvgIpc) is 3.20. The van der Waals surface area contributed by atoms with Crippen LogP contribution >= 0.6 is 42.7 Å². The Morgan fingerprint density at radius 1 is 1.09 bits per heavy atom. The first-order valence-electron chi connectivity index (χ1n) is 8.66. The Balaban J connectivity index is 0.00000181. The second kappa shape index (κ2) is 13.1. The third kappa shape index (κ3) is 8.35. The summed E-state index contributed by atoms with van der Waals surface area (Å²) in [6.07, 6.45) is 0. The minimum atomic E-state index is -5.29. The molecule has 0 radical (unpaired) electrons. The number of rotatable bonds is 5. The fourth-order valence-electron chi connectivity index (χ4n) is 2.74. The molecule has 0 unspecified atom stereocenters. The Morgan fingerprint density at radius 2 is 1.76 bits per heavy atom. The van der Waals surface area contributed by atoms with Gasteiger partial charge in [-0.05, 0) is 32.0 Å². The number of phosphoric ester groups is 1. The fourth-order valence-corrected chi connectivity index (χ4v) is 6.53. The topological polar surface area (TPSA) is 121 Å². The molecule has 1 aliphatic rings. The van der Waals surface area contributed by atoms with E-state index in [0.29, 0.717) is 26.2 Å². The molecule has 2 heterocycles. The quantitative estimate of drug-likeness (QED) is 0.135. The van der Waals surface area contributed by atoms with Crippen molar-refractivity contribution < 1.29 is 113 Å². The Bertz CT molecular complexity index is 1230. The summed E-state index contributed by atoms with van der Waals surface area (Å²) in [6, 6.07) is 13.6. The zero-order chi connectivity index (χ0) is 21.5. The van der Waals surface area contributed by atoms with Crippen molar-refractivity contribution in [3.8, 4) is 5.75 Å². The minimum absolute atomic E-state index is 0. The molecule has 156 valence electrons. The van der Waals surface area contributed by atoms with Crippen LogP contribution in [0.3, 0.4) is 0 Å². The van der Waals surface area contributed by atoms with Crippen molar-refractivity contribution in [3.05, 3.63) is 64.3 Å². The van der Waals surface area contributed by atoms with Gasteiger partial charge < -0.3 is 24.0 Å². The molecule has 3 aromatic rings. The van der Waals surface area contributed by atoms with Crippen LogP contribution in [0.5, 0.6) is 5.75 Å². The average molecular weight is 546 g/mol. The maximum atomic E-state index is 11.6. The van der Waals surface area contributed by atoms with Crippen LogP contribution in [-0.4, -0.2) is 14.8 Å². The first-order chi connectivity index (χ1) is 14.1. The largest absolute Gasteiger partial charge is 1.00 e. The molecule has 0 bridgehead atoms. The van der Waals surface area contributed by atoms with E-state index in [1.54, 1.807) is 30.3 Å². The number of aliphatic imine (C=N–C) groups is 1. The summed E-state index contributed by atoms with van der Waals surface area (Å²) in [5.74, 6) is -0.101. The molecule has 0 spiro atoms. The van der Waals surface area contributed by atoms with Crippen LogP contribution in [0.4, 0.5) is 0 Å². The molecule has 7 nitrogen and oxygen atoms in total. The summed E-state index contributed by atoms with van der Waals surface area (Å²) in [5.41, 5.74) is 1.03. The molecule has 0 N–H and O–H groups in total. The fraction of sp³-hybridized carbons (Fsp3) is 0.158. The van der Waals surface area contributed by atoms with Crippen molar-refractivity contribution in [2.24, 2.45) is 4.99 Å². The Hall–Kier alpha value is 1.19. The summed E-state index contributed by atoms with van der Waals surface area (Å²) in [5, 5.41) is 12.7. The number of thioether (sulfide) groups is 2. The van der Waals surface area contributed by atoms with Crippen LogP contribution in [0, 0.1) is 0 Å². The van der Waals surface area contributed by atoms with E-state index < -0.39 is 12.6 Å². The third-order valence-corrected chi connectivity index (χ3v) is 7.86. The van der Waals surface area contributed by atoms with Crippen LogP contribution in [-0.2, 0) is 9.09 Å². The van der Waals surface area contributed by atoms with Gasteiger partial charge in [-0.25, -0.2) is 9.98 Å². The molecule has 33 heavy (non-hydrogen) atoms. The van der Waals surface area contributed by atoms with Crippen LogP contribution in [0.1, 0.15) is 18.9 Å². The van der Waals surface area contributed by atoms with E-state index in [1.807, 2.05) is 19.9 Å². The van der Waals surface area contributed by atoms with Gasteiger partial charge >= 0.3 is 88.7 Å². The van der Waals surface area contributed by atoms with Gasteiger partial charge in [0.15, 0.2) is 5.09 Å². The first kappa shape index (κ1) is 32.2. The number of fused-ring (bicyclic) bond motifs is 1. The number of hydrogen-bond acceptors (Lipinski definition) is 10. The van der Waals surface area contributed by atoms with Crippen LogP contribution in [0.2, 0.25) is 0 Å². The Kier molecular flexibility index (Phi) is 12.8. The third-order valence-electron chi connectivity index (χ3n) is 4.02. The SMILES string of the molecule is CC1(C)SC(c2nc3ccc([O-])cc3s2)=N/C1=C(/OP(=O)([O-])[O-])Sc1ccccc1.[Na+].[Na+].[Na+]. The molecular formula is C19H14N2Na3O5PS3. The zero-order valence-electron chi connectivity index (χ0n) is 18.7. The van der Waals surface area contributed by atoms with E-state index >= 15 is 0 Å². The van der Waals surface area contributed by atoms with Gasteiger partial charge in [-0.3, -0.25) is 0 Å². The Morgan fingerprint density at radius 3 is 2.39 bits per heavy atom. The van der Waals surface area contributed by atoms with E-state index in [4.69, 9.17) is 4.52 Å². The normalized spacial score (nSPS) is 16.2. The summed E-state index contributed by atoms with van der Waals surface area (Å²) in [6.45, 7) is 3.73. The second-order valence-electron chi connectivity index (χ2n) is 6.77. The van der Waals surface area contributed by atoms with Crippen LogP contribution < -0.4 is 104 Å². The minimum Gasteiger partial charge on any atom is -0.872 e. The van der Waals surface area contributed by atoms with E-state index in [1.165, 1.54) is 35.2 Å². The molecule has 4 rings (SSSR count). The molecule has 0 aliphatic carbocycles. The molecule has 0 saturated heterocycles. The number of nitrogens with zero attached hydrogens (tertiary/aromatic N) is 2. The van der Waals surface area contributed by atoms with Crippen molar-refractivity contribution in [2.75, 3.05) is 0 Å². The monoisotopic (exact) mass is 546 g/mol. The molecule has 14 heteroatoms. The maximum absolute atomic E-state index is 11.6. The van der Waals surface area contributed by atoms with Gasteiger partial charge in [0.25, 0.3) is 0 Å². The van der Waals surface area contributed by atoms with E-state index in [-0.39, 0.29) is 99.5 Å². The van der Waals surface area contributed by atoms with Crippen molar-refractivity contribution in [3.63, 3.8) is 0 Å². The van der Waals surface area contributed by atoms with Gasteiger partial charge in [-0.15, -0.1) is 17.1 Å². The number of benzene rings is 2. The molecule has 1 aromatic heterocycles. The zero-order valence-corrected chi connectivity index (χ0v) is 28.1. The van der Waals surface area contributed by atoms with Gasteiger partial charge in [0, 0.05) is 4.90 Å². The summed E-state index contributed by atoms with van der Waals surface area (Å²) in [4.78, 5) is 32.7. The van der Waals surface area contributed by atoms with Crippen molar-refractivity contribution in [1.82, 2.24) is 4.98 Å². The van der Waals surface area contributed by atoms with Crippen molar-refractivity contribution in [2.45, 2.75) is 23.5 Å². The molecule has 0 atom stereocenters. The predicted molar refractivity (Wildman–Crippen MR) is 115 cm³/mol. The van der Waals surface area contributed by atoms with Crippen molar-refractivity contribution in [1.29, 1.82) is 0 Å². The van der Waals surface area contributed by atoms with Crippen LogP contribution in [0.25, 0.3) is 10.2 Å². The first-order valence-corrected chi connectivity index (χ1v) is 12.6. The van der Waals surface area contributed by atoms with E-state index in [2.05, 4.69) is 9.98 Å². The molecule has 1 aliphatic heterocycles. The molecule has 0 saturated carbocycles. The van der Waals surface area contributed by atoms with Crippen LogP contribution in [0.15, 0.2) is 69.2 Å². The van der Waals surface area contributed by atoms with E-state index in [0.717, 1.165) is 16.5 Å². The second-order valence-corrected chi connectivity index (χ2v) is 11.5. The van der Waals surface area contributed by atoms with Gasteiger partial charge in [0.05, 0.1) is 15.0 Å². The number of phosphoric acid groups is 1. The number of aromatic nitrogens is 1. The smallest absolute Gasteiger partial charge is 0.872 e. The molecule has 0 fully saturated rings. The van der Waals surface area contributed by atoms with Gasteiger partial charge in [0.2, 0.25) is 0 Å². The van der Waals surface area contributed by atoms with Gasteiger partial charge in [0.1, 0.15) is 23.6 Å². The summed E-state index contributed by atoms with van der Waals surface area (Å²) >= 11 is 3.74. The van der Waals surface area contributed by atoms with E-state index in [9.17, 15) is 19.5 Å². The number of thiazole rings is 1. The molecular weight excluding hydrogens is 532 g/mol. The standard InChI is InChI=1S/C19H17N2O5PS3.3Na/c1-19(2)15(18(26-27(23,24)25)28-12-6-4-3-5-7-12)21-17(30-19)16-20-13-9-8-11(22)10-14(13)29-16;;;/h3-10,22H,1-2H3,(H2,23,24,25);;;/q;3*+1/p-3/b18-15-;;;. The maximum Gasteiger partial charge on any atom is 1.00 e. The van der Waals surface area contributed by atoms with Crippen molar-refractivity contribution >= 4 is 57.9 Å². The summed E-state index contributed by atoms with van der Waals surface area (Å²) < 4.78 is 16.3. The molecule has 0 amide bonds. The number of hydrogen-bond donors (Lipinski definition) is 0.